The van der Waals surface area contributed by atoms with Crippen LogP contribution in [0.4, 0.5) is 5.69 Å². The normalized spacial score (nSPS) is 15.8. The highest BCUT2D eigenvalue weighted by atomic mass is 35.5. The average molecular weight is 586 g/mol. The minimum absolute atomic E-state index is 0.169. The first kappa shape index (κ1) is 26.5. The quantitative estimate of drug-likeness (QED) is 0.156. The van der Waals surface area contributed by atoms with E-state index in [0.29, 0.717) is 21.3 Å². The highest BCUT2D eigenvalue weighted by Gasteiger charge is 2.32. The second-order valence-corrected chi connectivity index (χ2v) is 12.2. The Bertz CT molecular complexity index is 1760. The third-order valence-corrected chi connectivity index (χ3v) is 9.71. The minimum atomic E-state index is -1.61. The van der Waals surface area contributed by atoms with Crippen LogP contribution in [0.15, 0.2) is 89.1 Å². The number of carbonyl (C=O) groups is 1. The monoisotopic (exact) mass is 585 g/mol. The third kappa shape index (κ3) is 4.65. The number of nitrogens with zero attached hydrogens (tertiary/aromatic N) is 3. The Morgan fingerprint density at radius 1 is 1.12 bits per heavy atom. The van der Waals surface area contributed by atoms with Gasteiger partial charge in [0.1, 0.15) is 28.0 Å². The third-order valence-electron chi connectivity index (χ3n) is 7.26. The van der Waals surface area contributed by atoms with Crippen molar-refractivity contribution in [2.45, 2.75) is 11.3 Å². The van der Waals surface area contributed by atoms with Gasteiger partial charge < -0.3 is 14.2 Å². The first-order valence-electron chi connectivity index (χ1n) is 12.7. The Labute approximate surface area is 244 Å². The SMILES string of the molecule is COC(=O)C1CCN(c2cccc(-c3c(-c4ccsc4C#N)c4ccccc4n3[S+]([O-])c3ccc(Cl)cc3)c2)C1. The topological polar surface area (TPSA) is 81.3 Å². The molecule has 9 heteroatoms. The van der Waals surface area contributed by atoms with Gasteiger partial charge in [-0.3, -0.25) is 4.79 Å². The molecule has 1 saturated heterocycles. The van der Waals surface area contributed by atoms with Gasteiger partial charge in [-0.25, -0.2) is 0 Å². The maximum atomic E-state index is 14.3. The number of esters is 1. The van der Waals surface area contributed by atoms with Crippen LogP contribution in [0.1, 0.15) is 11.3 Å². The fourth-order valence-electron chi connectivity index (χ4n) is 5.37. The number of benzene rings is 3. The number of nitriles is 1. The molecular weight excluding hydrogens is 562 g/mol. The number of ether oxygens (including phenoxy) is 1. The van der Waals surface area contributed by atoms with E-state index < -0.39 is 11.4 Å². The highest BCUT2D eigenvalue weighted by molar-refractivity contribution is 7.90. The maximum absolute atomic E-state index is 14.3. The first-order chi connectivity index (χ1) is 19.5. The lowest BCUT2D eigenvalue weighted by Gasteiger charge is -2.20. The van der Waals surface area contributed by atoms with E-state index in [4.69, 9.17) is 16.3 Å². The van der Waals surface area contributed by atoms with Gasteiger partial charge >= 0.3 is 5.97 Å². The Kier molecular flexibility index (Phi) is 7.30. The van der Waals surface area contributed by atoms with Gasteiger partial charge in [0.25, 0.3) is 0 Å². The molecule has 200 valence electrons. The molecule has 0 bridgehead atoms. The Morgan fingerprint density at radius 3 is 2.70 bits per heavy atom. The molecule has 0 spiro atoms. The Morgan fingerprint density at radius 2 is 1.93 bits per heavy atom. The zero-order chi connectivity index (χ0) is 27.8. The van der Waals surface area contributed by atoms with Crippen molar-refractivity contribution in [3.05, 3.63) is 94.1 Å². The van der Waals surface area contributed by atoms with Crippen LogP contribution < -0.4 is 4.90 Å². The van der Waals surface area contributed by atoms with E-state index in [9.17, 15) is 14.6 Å². The van der Waals surface area contributed by atoms with Gasteiger partial charge in [0.2, 0.25) is 0 Å². The van der Waals surface area contributed by atoms with Gasteiger partial charge in [0.05, 0.1) is 18.5 Å². The molecule has 5 aromatic rings. The van der Waals surface area contributed by atoms with Crippen LogP contribution >= 0.6 is 22.9 Å². The average Bonchev–Trinajstić information content (AvgIpc) is 3.74. The number of carbonyl (C=O) groups excluding carboxylic acids is 1. The number of rotatable bonds is 6. The fourth-order valence-corrected chi connectivity index (χ4v) is 7.47. The van der Waals surface area contributed by atoms with Crippen LogP contribution in [0.25, 0.3) is 33.3 Å². The van der Waals surface area contributed by atoms with Crippen LogP contribution in [0, 0.1) is 17.2 Å². The number of hydrogen-bond acceptors (Lipinski definition) is 6. The van der Waals surface area contributed by atoms with Crippen molar-refractivity contribution in [1.82, 2.24) is 3.97 Å². The Hall–Kier alpha value is -3.74. The predicted molar refractivity (Wildman–Crippen MR) is 161 cm³/mol. The summed E-state index contributed by atoms with van der Waals surface area (Å²) < 4.78 is 21.1. The van der Waals surface area contributed by atoms with Crippen molar-refractivity contribution in [2.24, 2.45) is 5.92 Å². The lowest BCUT2D eigenvalue weighted by atomic mass is 9.98. The van der Waals surface area contributed by atoms with E-state index in [1.807, 2.05) is 57.9 Å². The van der Waals surface area contributed by atoms with Gasteiger partial charge in [-0.15, -0.1) is 11.3 Å². The summed E-state index contributed by atoms with van der Waals surface area (Å²) >= 11 is 5.92. The van der Waals surface area contributed by atoms with Crippen LogP contribution in [0.3, 0.4) is 0 Å². The van der Waals surface area contributed by atoms with Crippen molar-refractivity contribution in [3.63, 3.8) is 0 Å². The summed E-state index contributed by atoms with van der Waals surface area (Å²) in [6, 6.07) is 27.2. The van der Waals surface area contributed by atoms with Crippen molar-refractivity contribution >= 4 is 56.9 Å². The number of methoxy groups -OCH3 is 1. The van der Waals surface area contributed by atoms with Gasteiger partial charge in [-0.2, -0.15) is 9.23 Å². The molecule has 1 aliphatic rings. The summed E-state index contributed by atoms with van der Waals surface area (Å²) in [6.07, 6.45) is 0.726. The van der Waals surface area contributed by atoms with Crippen LogP contribution in [0.2, 0.25) is 5.02 Å². The molecule has 0 amide bonds. The highest BCUT2D eigenvalue weighted by Crippen LogP contribution is 2.45. The molecule has 2 aromatic heterocycles. The molecule has 6 nitrogen and oxygen atoms in total. The van der Waals surface area contributed by atoms with Gasteiger partial charge in [-0.1, -0.05) is 41.9 Å². The summed E-state index contributed by atoms with van der Waals surface area (Å²) in [7, 11) is 1.42. The second kappa shape index (κ2) is 11.0. The minimum Gasteiger partial charge on any atom is -0.587 e. The summed E-state index contributed by atoms with van der Waals surface area (Å²) in [5, 5.41) is 13.3. The van der Waals surface area contributed by atoms with Crippen molar-refractivity contribution in [3.8, 4) is 28.5 Å². The van der Waals surface area contributed by atoms with Crippen LogP contribution in [-0.4, -0.2) is 34.7 Å². The number of anilines is 1. The molecule has 0 aliphatic carbocycles. The summed E-state index contributed by atoms with van der Waals surface area (Å²) in [4.78, 5) is 15.6. The summed E-state index contributed by atoms with van der Waals surface area (Å²) in [6.45, 7) is 1.31. The molecule has 1 fully saturated rings. The number of hydrogen-bond donors (Lipinski definition) is 0. The molecule has 2 unspecified atom stereocenters. The smallest absolute Gasteiger partial charge is 0.310 e. The number of halogens is 1. The molecular formula is C31H24ClN3O3S2. The zero-order valence-corrected chi connectivity index (χ0v) is 23.9. The number of aromatic nitrogens is 1. The van der Waals surface area contributed by atoms with Crippen LogP contribution in [-0.2, 0) is 20.9 Å². The molecule has 0 N–H and O–H groups in total. The van der Waals surface area contributed by atoms with E-state index in [2.05, 4.69) is 17.0 Å². The van der Waals surface area contributed by atoms with Crippen LogP contribution in [0.5, 0.6) is 0 Å². The van der Waals surface area contributed by atoms with E-state index in [-0.39, 0.29) is 11.9 Å². The molecule has 3 heterocycles. The zero-order valence-electron chi connectivity index (χ0n) is 21.5. The fraction of sp³-hybridized carbons (Fsp3) is 0.161. The standard InChI is InChI=1S/C31H24ClN3O3S2/c1-38-31(36)21-13-15-34(19-21)23-6-4-5-20(17-23)30-29(26-14-16-39-28(26)18-33)25-7-2-3-8-27(25)35(30)40(37)24-11-9-22(32)10-12-24/h2-12,14,16-17,21H,13,15,19H2,1H3. The Balaban J connectivity index is 1.58. The predicted octanol–water partition coefficient (Wildman–Crippen LogP) is 7.13. The molecule has 2 atom stereocenters. The number of fused-ring (bicyclic) bond motifs is 1. The molecule has 1 aliphatic heterocycles. The lowest BCUT2D eigenvalue weighted by molar-refractivity contribution is -0.144. The second-order valence-electron chi connectivity index (χ2n) is 9.52. The largest absolute Gasteiger partial charge is 0.587 e. The van der Waals surface area contributed by atoms with E-state index in [1.54, 1.807) is 24.3 Å². The molecule has 0 radical (unpaired) electrons. The van der Waals surface area contributed by atoms with E-state index >= 15 is 0 Å². The lowest BCUT2D eigenvalue weighted by Crippen LogP contribution is -2.23. The van der Waals surface area contributed by atoms with E-state index in [0.717, 1.165) is 51.9 Å². The van der Waals surface area contributed by atoms with Crippen molar-refractivity contribution in [1.29, 1.82) is 5.26 Å². The summed E-state index contributed by atoms with van der Waals surface area (Å²) in [5.41, 5.74) is 5.06. The first-order valence-corrected chi connectivity index (χ1v) is 15.1. The molecule has 0 saturated carbocycles. The van der Waals surface area contributed by atoms with Gasteiger partial charge in [0, 0.05) is 45.9 Å². The van der Waals surface area contributed by atoms with Crippen molar-refractivity contribution in [2.75, 3.05) is 25.1 Å². The summed E-state index contributed by atoms with van der Waals surface area (Å²) in [5.74, 6) is -0.363. The molecule has 6 rings (SSSR count). The molecule has 3 aromatic carbocycles. The van der Waals surface area contributed by atoms with Gasteiger partial charge in [-0.05, 0) is 60.3 Å². The van der Waals surface area contributed by atoms with E-state index in [1.165, 1.54) is 18.4 Å². The van der Waals surface area contributed by atoms with Crippen molar-refractivity contribution < 1.29 is 14.1 Å². The number of para-hydroxylation sites is 1. The number of thiophene rings is 1. The van der Waals surface area contributed by atoms with Gasteiger partial charge in [0.15, 0.2) is 4.90 Å². The molecule has 40 heavy (non-hydrogen) atoms. The maximum Gasteiger partial charge on any atom is 0.310 e.